The molecule has 0 spiro atoms. The molecule has 2 rings (SSSR count). The smallest absolute Gasteiger partial charge is 0.119 e. The number of methoxy groups -OCH3 is 1. The fraction of sp³-hybridized carbons (Fsp3) is 0.375. The van der Waals surface area contributed by atoms with Gasteiger partial charge in [-0.05, 0) is 30.8 Å². The third-order valence-corrected chi connectivity index (χ3v) is 3.17. The van der Waals surface area contributed by atoms with E-state index in [-0.39, 0.29) is 0 Å². The van der Waals surface area contributed by atoms with Crippen molar-refractivity contribution in [3.63, 3.8) is 0 Å². The summed E-state index contributed by atoms with van der Waals surface area (Å²) in [5, 5.41) is 3.40. The van der Waals surface area contributed by atoms with E-state index < -0.39 is 0 Å². The molecule has 1 heterocycles. The summed E-state index contributed by atoms with van der Waals surface area (Å²) in [5.41, 5.74) is 2.45. The highest BCUT2D eigenvalue weighted by molar-refractivity contribution is 5.28. The van der Waals surface area contributed by atoms with Crippen LogP contribution in [0.4, 0.5) is 0 Å². The van der Waals surface area contributed by atoms with E-state index in [9.17, 15) is 0 Å². The Morgan fingerprint density at radius 3 is 2.90 bits per heavy atom. The number of likely N-dealkylation sites (N-methyl/N-ethyl adjacent to an activating group) is 1. The van der Waals surface area contributed by atoms with Gasteiger partial charge in [0.05, 0.1) is 19.6 Å². The van der Waals surface area contributed by atoms with Gasteiger partial charge in [-0.15, -0.1) is 0 Å². The summed E-state index contributed by atoms with van der Waals surface area (Å²) in [4.78, 5) is 2.29. The molecule has 4 heteroatoms. The van der Waals surface area contributed by atoms with Crippen LogP contribution in [0, 0.1) is 0 Å². The highest BCUT2D eigenvalue weighted by Crippen LogP contribution is 2.13. The monoisotopic (exact) mass is 274 g/mol. The van der Waals surface area contributed by atoms with Crippen molar-refractivity contribution in [2.45, 2.75) is 13.1 Å². The third-order valence-electron chi connectivity index (χ3n) is 3.17. The lowest BCUT2D eigenvalue weighted by Gasteiger charge is -2.17. The molecule has 0 saturated carbocycles. The minimum Gasteiger partial charge on any atom is -0.497 e. The molecule has 0 atom stereocenters. The van der Waals surface area contributed by atoms with Crippen molar-refractivity contribution in [3.05, 3.63) is 54.0 Å². The predicted octanol–water partition coefficient (Wildman–Crippen LogP) is 2.51. The van der Waals surface area contributed by atoms with E-state index in [2.05, 4.69) is 29.4 Å². The van der Waals surface area contributed by atoms with E-state index in [0.717, 1.165) is 31.9 Å². The van der Waals surface area contributed by atoms with Crippen molar-refractivity contribution in [3.8, 4) is 5.75 Å². The largest absolute Gasteiger partial charge is 0.497 e. The second-order valence-electron chi connectivity index (χ2n) is 4.90. The van der Waals surface area contributed by atoms with Gasteiger partial charge in [-0.2, -0.15) is 0 Å². The number of rotatable bonds is 8. The van der Waals surface area contributed by atoms with Crippen LogP contribution in [-0.4, -0.2) is 32.1 Å². The summed E-state index contributed by atoms with van der Waals surface area (Å²) in [6.45, 7) is 3.72. The number of nitrogens with zero attached hydrogens (tertiary/aromatic N) is 1. The first kappa shape index (κ1) is 14.6. The van der Waals surface area contributed by atoms with E-state index >= 15 is 0 Å². The lowest BCUT2D eigenvalue weighted by atomic mass is 10.2. The molecule has 20 heavy (non-hydrogen) atoms. The quantitative estimate of drug-likeness (QED) is 0.751. The lowest BCUT2D eigenvalue weighted by Crippen LogP contribution is -2.28. The molecule has 1 N–H and O–H groups in total. The van der Waals surface area contributed by atoms with Crippen LogP contribution >= 0.6 is 0 Å². The Morgan fingerprint density at radius 1 is 1.25 bits per heavy atom. The summed E-state index contributed by atoms with van der Waals surface area (Å²) in [6.07, 6.45) is 3.47. The first-order valence-electron chi connectivity index (χ1n) is 6.81. The van der Waals surface area contributed by atoms with Crippen LogP contribution in [0.25, 0.3) is 0 Å². The number of hydrogen-bond acceptors (Lipinski definition) is 4. The molecule has 0 aliphatic rings. The van der Waals surface area contributed by atoms with Gasteiger partial charge >= 0.3 is 0 Å². The summed E-state index contributed by atoms with van der Waals surface area (Å²) >= 11 is 0. The Balaban J connectivity index is 1.68. The molecule has 0 fully saturated rings. The Hall–Kier alpha value is -1.78. The van der Waals surface area contributed by atoms with Crippen molar-refractivity contribution in [2.75, 3.05) is 27.2 Å². The van der Waals surface area contributed by atoms with Crippen LogP contribution in [-0.2, 0) is 13.1 Å². The van der Waals surface area contributed by atoms with Crippen molar-refractivity contribution in [1.29, 1.82) is 0 Å². The van der Waals surface area contributed by atoms with Gasteiger partial charge < -0.3 is 19.4 Å². The Bertz CT molecular complexity index is 497. The summed E-state index contributed by atoms with van der Waals surface area (Å²) in [7, 11) is 3.82. The van der Waals surface area contributed by atoms with Crippen molar-refractivity contribution in [2.24, 2.45) is 0 Å². The second kappa shape index (κ2) is 7.72. The minimum absolute atomic E-state index is 0.851. The van der Waals surface area contributed by atoms with Crippen LogP contribution in [0.2, 0.25) is 0 Å². The molecule has 2 aromatic rings. The molecule has 0 amide bonds. The van der Waals surface area contributed by atoms with E-state index in [0.29, 0.717) is 0 Å². The Kier molecular flexibility index (Phi) is 5.65. The van der Waals surface area contributed by atoms with Crippen molar-refractivity contribution >= 4 is 0 Å². The molecular weight excluding hydrogens is 252 g/mol. The second-order valence-corrected chi connectivity index (χ2v) is 4.90. The Labute approximate surface area is 120 Å². The Morgan fingerprint density at radius 2 is 2.15 bits per heavy atom. The van der Waals surface area contributed by atoms with Gasteiger partial charge in [0.1, 0.15) is 5.75 Å². The number of hydrogen-bond donors (Lipinski definition) is 1. The molecule has 0 bridgehead atoms. The standard InChI is InChI=1S/C16H22N2O2/c1-18(8-7-17-11-15-6-9-20-13-15)12-14-4-3-5-16(10-14)19-2/h3-6,9-10,13,17H,7-8,11-12H2,1-2H3. The number of benzene rings is 1. The van der Waals surface area contributed by atoms with Gasteiger partial charge in [-0.3, -0.25) is 0 Å². The van der Waals surface area contributed by atoms with Gasteiger partial charge in [0, 0.05) is 31.7 Å². The fourth-order valence-corrected chi connectivity index (χ4v) is 2.06. The maximum atomic E-state index is 5.24. The van der Waals surface area contributed by atoms with Gasteiger partial charge in [-0.25, -0.2) is 0 Å². The zero-order chi connectivity index (χ0) is 14.2. The first-order valence-corrected chi connectivity index (χ1v) is 6.81. The molecule has 0 unspecified atom stereocenters. The first-order chi connectivity index (χ1) is 9.78. The topological polar surface area (TPSA) is 37.6 Å². The average molecular weight is 274 g/mol. The van der Waals surface area contributed by atoms with Gasteiger partial charge in [-0.1, -0.05) is 12.1 Å². The number of nitrogens with one attached hydrogen (secondary N) is 1. The van der Waals surface area contributed by atoms with E-state index in [1.54, 1.807) is 19.6 Å². The maximum Gasteiger partial charge on any atom is 0.119 e. The molecule has 108 valence electrons. The predicted molar refractivity (Wildman–Crippen MR) is 79.7 cm³/mol. The zero-order valence-corrected chi connectivity index (χ0v) is 12.1. The van der Waals surface area contributed by atoms with E-state index in [1.165, 1.54) is 11.1 Å². The molecule has 0 aliphatic carbocycles. The molecule has 4 nitrogen and oxygen atoms in total. The van der Waals surface area contributed by atoms with Crippen molar-refractivity contribution < 1.29 is 9.15 Å². The summed E-state index contributed by atoms with van der Waals surface area (Å²) < 4.78 is 10.3. The molecule has 1 aromatic carbocycles. The zero-order valence-electron chi connectivity index (χ0n) is 12.1. The van der Waals surface area contributed by atoms with Gasteiger partial charge in [0.25, 0.3) is 0 Å². The SMILES string of the molecule is COc1cccc(CN(C)CCNCc2ccoc2)c1. The van der Waals surface area contributed by atoms with Crippen molar-refractivity contribution in [1.82, 2.24) is 10.2 Å². The molecular formula is C16H22N2O2. The fourth-order valence-electron chi connectivity index (χ4n) is 2.06. The normalized spacial score (nSPS) is 10.9. The van der Waals surface area contributed by atoms with E-state index in [4.69, 9.17) is 9.15 Å². The van der Waals surface area contributed by atoms with Crippen LogP contribution < -0.4 is 10.1 Å². The highest BCUT2D eigenvalue weighted by Gasteiger charge is 2.02. The van der Waals surface area contributed by atoms with Gasteiger partial charge in [0.15, 0.2) is 0 Å². The van der Waals surface area contributed by atoms with Crippen LogP contribution in [0.1, 0.15) is 11.1 Å². The molecule has 0 saturated heterocycles. The molecule has 0 aliphatic heterocycles. The third kappa shape index (κ3) is 4.72. The van der Waals surface area contributed by atoms with Crippen LogP contribution in [0.5, 0.6) is 5.75 Å². The number of furan rings is 1. The number of ether oxygens (including phenoxy) is 1. The summed E-state index contributed by atoms with van der Waals surface area (Å²) in [5.74, 6) is 0.911. The lowest BCUT2D eigenvalue weighted by molar-refractivity contribution is 0.323. The van der Waals surface area contributed by atoms with Gasteiger partial charge in [0.2, 0.25) is 0 Å². The highest BCUT2D eigenvalue weighted by atomic mass is 16.5. The maximum absolute atomic E-state index is 5.24. The minimum atomic E-state index is 0.851. The average Bonchev–Trinajstić information content (AvgIpc) is 2.97. The molecule has 0 radical (unpaired) electrons. The van der Waals surface area contributed by atoms with Crippen LogP contribution in [0.3, 0.4) is 0 Å². The molecule has 1 aromatic heterocycles. The van der Waals surface area contributed by atoms with E-state index in [1.807, 2.05) is 18.2 Å². The summed E-state index contributed by atoms with van der Waals surface area (Å²) in [6, 6.07) is 10.2. The van der Waals surface area contributed by atoms with Crippen LogP contribution in [0.15, 0.2) is 47.3 Å².